The second-order valence-electron chi connectivity index (χ2n) is 6.65. The van der Waals surface area contributed by atoms with Crippen LogP contribution in [0.5, 0.6) is 0 Å². The van der Waals surface area contributed by atoms with E-state index in [1.165, 1.54) is 18.3 Å². The van der Waals surface area contributed by atoms with E-state index < -0.39 is 16.0 Å². The van der Waals surface area contributed by atoms with Gasteiger partial charge < -0.3 is 15.4 Å². The van der Waals surface area contributed by atoms with Crippen molar-refractivity contribution in [1.29, 1.82) is 0 Å². The first-order chi connectivity index (χ1) is 15.5. The van der Waals surface area contributed by atoms with Crippen LogP contribution in [0.4, 0.5) is 11.8 Å². The Kier molecular flexibility index (Phi) is 8.12. The molecule has 0 unspecified atom stereocenters. The average molecular weight is 456 g/mol. The Bertz CT molecular complexity index is 1130. The molecule has 10 heteroatoms. The molecule has 0 saturated carbocycles. The van der Waals surface area contributed by atoms with Crippen LogP contribution in [0.3, 0.4) is 0 Å². The summed E-state index contributed by atoms with van der Waals surface area (Å²) in [5.41, 5.74) is 1.24. The second-order valence-corrected chi connectivity index (χ2v) is 8.42. The molecule has 0 aliphatic carbocycles. The predicted octanol–water partition coefficient (Wildman–Crippen LogP) is 2.66. The SMILES string of the molecule is CCOC(=O)c1cnc(NCCNS(=O)(=O)c2ccccc2)nc1NCc1ccccc1. The maximum absolute atomic E-state index is 12.3. The molecule has 1 heterocycles. The topological polar surface area (TPSA) is 122 Å². The zero-order valence-corrected chi connectivity index (χ0v) is 18.4. The smallest absolute Gasteiger partial charge is 0.343 e. The molecule has 0 saturated heterocycles. The average Bonchev–Trinajstić information content (AvgIpc) is 2.82. The summed E-state index contributed by atoms with van der Waals surface area (Å²) in [5, 5.41) is 6.11. The molecule has 0 aliphatic heterocycles. The van der Waals surface area contributed by atoms with E-state index in [0.29, 0.717) is 12.4 Å². The van der Waals surface area contributed by atoms with Gasteiger partial charge in [-0.3, -0.25) is 0 Å². The quantitative estimate of drug-likeness (QED) is 0.298. The van der Waals surface area contributed by atoms with Gasteiger partial charge in [-0.05, 0) is 24.6 Å². The molecule has 0 spiro atoms. The summed E-state index contributed by atoms with van der Waals surface area (Å²) in [7, 11) is -3.59. The summed E-state index contributed by atoms with van der Waals surface area (Å²) in [4.78, 5) is 21.0. The van der Waals surface area contributed by atoms with Crippen molar-refractivity contribution in [2.75, 3.05) is 30.3 Å². The van der Waals surface area contributed by atoms with E-state index in [2.05, 4.69) is 25.3 Å². The fourth-order valence-electron chi connectivity index (χ4n) is 2.78. The van der Waals surface area contributed by atoms with Gasteiger partial charge in [-0.2, -0.15) is 4.98 Å². The lowest BCUT2D eigenvalue weighted by Crippen LogP contribution is -2.29. The third-order valence-corrected chi connectivity index (χ3v) is 5.82. The number of aromatic nitrogens is 2. The first-order valence-electron chi connectivity index (χ1n) is 10.1. The lowest BCUT2D eigenvalue weighted by Gasteiger charge is -2.13. The van der Waals surface area contributed by atoms with Gasteiger partial charge in [0, 0.05) is 25.8 Å². The molecule has 0 radical (unpaired) electrons. The van der Waals surface area contributed by atoms with Crippen LogP contribution in [0.25, 0.3) is 0 Å². The van der Waals surface area contributed by atoms with Crippen LogP contribution in [0.1, 0.15) is 22.8 Å². The van der Waals surface area contributed by atoms with Crippen molar-refractivity contribution >= 4 is 27.8 Å². The Morgan fingerprint density at radius 3 is 2.34 bits per heavy atom. The van der Waals surface area contributed by atoms with E-state index in [1.807, 2.05) is 30.3 Å². The number of esters is 1. The second kappa shape index (κ2) is 11.2. The zero-order valence-electron chi connectivity index (χ0n) is 17.6. The highest BCUT2D eigenvalue weighted by atomic mass is 32.2. The van der Waals surface area contributed by atoms with Gasteiger partial charge in [0.25, 0.3) is 0 Å². The van der Waals surface area contributed by atoms with Gasteiger partial charge in [-0.1, -0.05) is 48.5 Å². The van der Waals surface area contributed by atoms with Crippen LogP contribution in [0.2, 0.25) is 0 Å². The number of nitrogens with zero attached hydrogens (tertiary/aromatic N) is 2. The Hall–Kier alpha value is -3.50. The van der Waals surface area contributed by atoms with E-state index >= 15 is 0 Å². The lowest BCUT2D eigenvalue weighted by atomic mass is 10.2. The molecule has 0 bridgehead atoms. The summed E-state index contributed by atoms with van der Waals surface area (Å²) in [6, 6.07) is 17.8. The van der Waals surface area contributed by atoms with Gasteiger partial charge >= 0.3 is 5.97 Å². The number of sulfonamides is 1. The van der Waals surface area contributed by atoms with Crippen molar-refractivity contribution in [2.45, 2.75) is 18.4 Å². The maximum atomic E-state index is 12.3. The zero-order chi connectivity index (χ0) is 22.8. The molecule has 32 heavy (non-hydrogen) atoms. The summed E-state index contributed by atoms with van der Waals surface area (Å²) < 4.78 is 32.1. The van der Waals surface area contributed by atoms with Crippen LogP contribution in [0.15, 0.2) is 71.8 Å². The molecular formula is C22H25N5O4S. The van der Waals surface area contributed by atoms with Gasteiger partial charge in [0.2, 0.25) is 16.0 Å². The molecule has 1 aromatic heterocycles. The minimum absolute atomic E-state index is 0.132. The van der Waals surface area contributed by atoms with Gasteiger partial charge in [-0.15, -0.1) is 0 Å². The van der Waals surface area contributed by atoms with Crippen molar-refractivity contribution in [3.63, 3.8) is 0 Å². The van der Waals surface area contributed by atoms with Crippen molar-refractivity contribution in [3.8, 4) is 0 Å². The highest BCUT2D eigenvalue weighted by molar-refractivity contribution is 7.89. The lowest BCUT2D eigenvalue weighted by molar-refractivity contribution is 0.0526. The minimum Gasteiger partial charge on any atom is -0.462 e. The number of rotatable bonds is 11. The molecule has 168 valence electrons. The standard InChI is InChI=1S/C22H25N5O4S/c1-2-31-21(28)19-16-25-22(27-20(19)24-15-17-9-5-3-6-10-17)23-13-14-26-32(29,30)18-11-7-4-8-12-18/h3-12,16,26H,2,13-15H2,1H3,(H2,23,24,25,27). The van der Waals surface area contributed by atoms with E-state index in [1.54, 1.807) is 25.1 Å². The van der Waals surface area contributed by atoms with Crippen LogP contribution >= 0.6 is 0 Å². The van der Waals surface area contributed by atoms with Crippen LogP contribution < -0.4 is 15.4 Å². The van der Waals surface area contributed by atoms with Gasteiger partial charge in [0.05, 0.1) is 11.5 Å². The molecule has 9 nitrogen and oxygen atoms in total. The number of carbonyl (C=O) groups excluding carboxylic acids is 1. The molecule has 0 fully saturated rings. The Morgan fingerprint density at radius 2 is 1.66 bits per heavy atom. The monoisotopic (exact) mass is 455 g/mol. The maximum Gasteiger partial charge on any atom is 0.343 e. The van der Waals surface area contributed by atoms with E-state index in [9.17, 15) is 13.2 Å². The number of hydrogen-bond donors (Lipinski definition) is 3. The fraction of sp³-hybridized carbons (Fsp3) is 0.227. The summed E-state index contributed by atoms with van der Waals surface area (Å²) in [5.74, 6) is 0.0624. The highest BCUT2D eigenvalue weighted by Crippen LogP contribution is 2.16. The normalized spacial score (nSPS) is 11.0. The van der Waals surface area contributed by atoms with E-state index in [-0.39, 0.29) is 36.1 Å². The van der Waals surface area contributed by atoms with Crippen LogP contribution in [0, 0.1) is 0 Å². The van der Waals surface area contributed by atoms with Gasteiger partial charge in [-0.25, -0.2) is 22.9 Å². The van der Waals surface area contributed by atoms with E-state index in [0.717, 1.165) is 5.56 Å². The van der Waals surface area contributed by atoms with Gasteiger partial charge in [0.15, 0.2) is 0 Å². The van der Waals surface area contributed by atoms with Crippen molar-refractivity contribution in [3.05, 3.63) is 78.0 Å². The third kappa shape index (κ3) is 6.50. The van der Waals surface area contributed by atoms with Crippen molar-refractivity contribution < 1.29 is 17.9 Å². The molecular weight excluding hydrogens is 430 g/mol. The number of nitrogens with one attached hydrogen (secondary N) is 3. The number of ether oxygens (including phenoxy) is 1. The van der Waals surface area contributed by atoms with Crippen LogP contribution in [-0.2, 0) is 21.3 Å². The van der Waals surface area contributed by atoms with E-state index in [4.69, 9.17) is 4.74 Å². The fourth-order valence-corrected chi connectivity index (χ4v) is 3.84. The minimum atomic E-state index is -3.59. The van der Waals surface area contributed by atoms with Crippen molar-refractivity contribution in [2.24, 2.45) is 0 Å². The first-order valence-corrected chi connectivity index (χ1v) is 11.6. The predicted molar refractivity (Wildman–Crippen MR) is 122 cm³/mol. The Labute approximate surface area is 187 Å². The molecule has 3 rings (SSSR count). The molecule has 0 atom stereocenters. The number of anilines is 2. The van der Waals surface area contributed by atoms with Crippen molar-refractivity contribution in [1.82, 2.24) is 14.7 Å². The van der Waals surface area contributed by atoms with Gasteiger partial charge in [0.1, 0.15) is 11.4 Å². The largest absolute Gasteiger partial charge is 0.462 e. The first kappa shape index (κ1) is 23.2. The molecule has 0 amide bonds. The van der Waals surface area contributed by atoms with Crippen LogP contribution in [-0.4, -0.2) is 44.1 Å². The third-order valence-electron chi connectivity index (χ3n) is 4.34. The number of hydrogen-bond acceptors (Lipinski definition) is 8. The summed E-state index contributed by atoms with van der Waals surface area (Å²) >= 11 is 0. The molecule has 3 aromatic rings. The molecule has 2 aromatic carbocycles. The summed E-state index contributed by atoms with van der Waals surface area (Å²) in [6.45, 7) is 2.80. The number of carbonyl (C=O) groups is 1. The summed E-state index contributed by atoms with van der Waals surface area (Å²) in [6.07, 6.45) is 1.38. The number of benzene rings is 2. The Morgan fingerprint density at radius 1 is 0.969 bits per heavy atom. The molecule has 0 aliphatic rings. The Balaban J connectivity index is 1.64. The highest BCUT2D eigenvalue weighted by Gasteiger charge is 2.16. The molecule has 3 N–H and O–H groups in total.